The van der Waals surface area contributed by atoms with Crippen LogP contribution in [0.25, 0.3) is 55.3 Å². The molecule has 11 aromatic carbocycles. The molecule has 0 spiro atoms. The Bertz CT molecular complexity index is 3870. The van der Waals surface area contributed by atoms with Crippen LogP contribution in [0.3, 0.4) is 0 Å². The highest BCUT2D eigenvalue weighted by Crippen LogP contribution is 2.61. The van der Waals surface area contributed by atoms with Crippen LogP contribution in [0.15, 0.2) is 279 Å². The number of hydrogen-bond donors (Lipinski definition) is 0. The van der Waals surface area contributed by atoms with Crippen LogP contribution in [-0.2, 0) is 5.41 Å². The third-order valence-electron chi connectivity index (χ3n) is 15.5. The molecule has 0 heterocycles. The van der Waals surface area contributed by atoms with E-state index in [2.05, 4.69) is 289 Å². The summed E-state index contributed by atoms with van der Waals surface area (Å²) < 4.78 is 0. The van der Waals surface area contributed by atoms with E-state index >= 15 is 0 Å². The average molecular weight is 931 g/mol. The monoisotopic (exact) mass is 930 g/mol. The molecule has 2 heteroatoms. The summed E-state index contributed by atoms with van der Waals surface area (Å²) in [4.78, 5) is 5.04. The van der Waals surface area contributed by atoms with Crippen LogP contribution < -0.4 is 9.80 Å². The van der Waals surface area contributed by atoms with Gasteiger partial charge in [-0.3, -0.25) is 0 Å². The molecule has 344 valence electrons. The van der Waals surface area contributed by atoms with Gasteiger partial charge in [0.05, 0.1) is 22.5 Å². The van der Waals surface area contributed by atoms with Gasteiger partial charge in [-0.25, -0.2) is 0 Å². The first kappa shape index (κ1) is 42.6. The van der Waals surface area contributed by atoms with Crippen LogP contribution in [0.1, 0.15) is 46.2 Å². The lowest BCUT2D eigenvalue weighted by atomic mass is 9.68. The minimum absolute atomic E-state index is 0.550. The molecule has 0 unspecified atom stereocenters. The van der Waals surface area contributed by atoms with Crippen molar-refractivity contribution in [2.45, 2.75) is 18.3 Å². The predicted octanol–water partition coefficient (Wildman–Crippen LogP) is 19.1. The minimum Gasteiger partial charge on any atom is -0.310 e. The van der Waals surface area contributed by atoms with E-state index in [9.17, 15) is 0 Å². The predicted molar refractivity (Wildman–Crippen MR) is 307 cm³/mol. The van der Waals surface area contributed by atoms with E-state index in [0.717, 1.165) is 47.0 Å². The molecule has 0 fully saturated rings. The SMILES string of the molecule is C1=CC2=C(CC1)c1cccc(N(c3ccccc3)c3cccc4c3-c3ccccc3C4(c3ccccc3)c3ccccc3)c1-c1ccccc1-c1c(N(c3ccccc3)c3ccccc3)cc3ccccc3c12. The standard InChI is InChI=1S/C71H50N2/c1-6-27-50(28-7-1)71(51-29-8-2-9-30-51)62-44-23-22-42-61(62)69-63(71)45-25-47-65(69)73(54-35-14-5-15-36-54)64-46-24-43-57-56-38-18-19-39-58(56)68-55-37-17-16-26-49(55)48-66(70(68)60-41-21-20-40-59(60)67(57)64)72(52-31-10-3-11-32-52)53-33-12-4-13-34-53/h1-17,19-37,39-48H,18,38H2. The van der Waals surface area contributed by atoms with Gasteiger partial charge in [0.15, 0.2) is 0 Å². The van der Waals surface area contributed by atoms with Crippen LogP contribution in [0.4, 0.5) is 34.1 Å². The van der Waals surface area contributed by atoms with Gasteiger partial charge in [0.1, 0.15) is 0 Å². The van der Waals surface area contributed by atoms with E-state index in [0.29, 0.717) is 0 Å². The number of nitrogens with zero attached hydrogens (tertiary/aromatic N) is 2. The molecule has 0 radical (unpaired) electrons. The van der Waals surface area contributed by atoms with Gasteiger partial charge >= 0.3 is 0 Å². The lowest BCUT2D eigenvalue weighted by molar-refractivity contribution is 0.768. The third-order valence-corrected chi connectivity index (χ3v) is 15.5. The molecule has 11 aromatic rings. The first-order valence-corrected chi connectivity index (χ1v) is 25.6. The molecule has 0 bridgehead atoms. The molecule has 0 aliphatic heterocycles. The van der Waals surface area contributed by atoms with Crippen LogP contribution >= 0.6 is 0 Å². The van der Waals surface area contributed by atoms with Gasteiger partial charge < -0.3 is 9.80 Å². The van der Waals surface area contributed by atoms with Gasteiger partial charge in [-0.2, -0.15) is 0 Å². The first-order chi connectivity index (χ1) is 36.3. The molecule has 0 N–H and O–H groups in total. The van der Waals surface area contributed by atoms with Crippen LogP contribution in [0.2, 0.25) is 0 Å². The maximum Gasteiger partial charge on any atom is 0.0714 e. The van der Waals surface area contributed by atoms with E-state index in [1.165, 1.54) is 88.7 Å². The van der Waals surface area contributed by atoms with Crippen molar-refractivity contribution >= 4 is 56.0 Å². The highest BCUT2D eigenvalue weighted by atomic mass is 15.2. The van der Waals surface area contributed by atoms with Gasteiger partial charge in [0.25, 0.3) is 0 Å². The van der Waals surface area contributed by atoms with Crippen molar-refractivity contribution in [3.8, 4) is 33.4 Å². The molecule has 0 amide bonds. The van der Waals surface area contributed by atoms with Gasteiger partial charge in [0, 0.05) is 33.8 Å². The number of fused-ring (bicyclic) bond motifs is 12. The molecule has 2 nitrogen and oxygen atoms in total. The Kier molecular flexibility index (Phi) is 10.3. The molecule has 73 heavy (non-hydrogen) atoms. The Labute approximate surface area is 427 Å². The molecule has 14 rings (SSSR count). The zero-order valence-electron chi connectivity index (χ0n) is 40.4. The fourth-order valence-corrected chi connectivity index (χ4v) is 12.6. The highest BCUT2D eigenvalue weighted by molar-refractivity contribution is 6.18. The molecule has 3 aliphatic carbocycles. The van der Waals surface area contributed by atoms with E-state index in [1.54, 1.807) is 0 Å². The van der Waals surface area contributed by atoms with Gasteiger partial charge in [-0.1, -0.05) is 224 Å². The summed E-state index contributed by atoms with van der Waals surface area (Å²) in [5.74, 6) is 0. The number of rotatable bonds is 8. The summed E-state index contributed by atoms with van der Waals surface area (Å²) in [6.07, 6.45) is 6.69. The summed E-state index contributed by atoms with van der Waals surface area (Å²) in [7, 11) is 0. The molecular formula is C71H50N2. The van der Waals surface area contributed by atoms with Crippen molar-refractivity contribution in [2.24, 2.45) is 0 Å². The Balaban J connectivity index is 1.10. The largest absolute Gasteiger partial charge is 0.310 e. The summed E-state index contributed by atoms with van der Waals surface area (Å²) in [5, 5.41) is 2.46. The number of anilines is 6. The summed E-state index contributed by atoms with van der Waals surface area (Å²) in [6.45, 7) is 0. The number of benzene rings is 11. The number of allylic oxidation sites excluding steroid dienone is 4. The lowest BCUT2D eigenvalue weighted by Gasteiger charge is -2.36. The second-order valence-electron chi connectivity index (χ2n) is 19.4. The smallest absolute Gasteiger partial charge is 0.0714 e. The van der Waals surface area contributed by atoms with Crippen molar-refractivity contribution in [1.82, 2.24) is 0 Å². The maximum absolute atomic E-state index is 2.57. The Morgan fingerprint density at radius 3 is 1.45 bits per heavy atom. The van der Waals surface area contributed by atoms with Gasteiger partial charge in [-0.15, -0.1) is 0 Å². The maximum atomic E-state index is 2.57. The molecule has 3 aliphatic rings. The first-order valence-electron chi connectivity index (χ1n) is 25.6. The molecule has 0 saturated carbocycles. The van der Waals surface area contributed by atoms with Crippen LogP contribution in [0, 0.1) is 0 Å². The fraction of sp³-hybridized carbons (Fsp3) is 0.0423. The fourth-order valence-electron chi connectivity index (χ4n) is 12.6. The van der Waals surface area contributed by atoms with E-state index in [4.69, 9.17) is 0 Å². The molecule has 0 saturated heterocycles. The van der Waals surface area contributed by atoms with Crippen molar-refractivity contribution < 1.29 is 0 Å². The van der Waals surface area contributed by atoms with Crippen molar-refractivity contribution in [1.29, 1.82) is 0 Å². The van der Waals surface area contributed by atoms with Gasteiger partial charge in [0.2, 0.25) is 0 Å². The summed E-state index contributed by atoms with van der Waals surface area (Å²) in [6, 6.07) is 99.0. The Morgan fingerprint density at radius 1 is 0.329 bits per heavy atom. The zero-order valence-corrected chi connectivity index (χ0v) is 40.4. The zero-order chi connectivity index (χ0) is 48.3. The second-order valence-corrected chi connectivity index (χ2v) is 19.4. The number of para-hydroxylation sites is 3. The summed E-state index contributed by atoms with van der Waals surface area (Å²) in [5.41, 5.74) is 23.8. The quantitative estimate of drug-likeness (QED) is 0.150. The Hall–Kier alpha value is -9.24. The average Bonchev–Trinajstić information content (AvgIpc) is 3.79. The van der Waals surface area contributed by atoms with Crippen molar-refractivity contribution in [2.75, 3.05) is 9.80 Å². The highest BCUT2D eigenvalue weighted by Gasteiger charge is 2.47. The Morgan fingerprint density at radius 2 is 0.808 bits per heavy atom. The van der Waals surface area contributed by atoms with Crippen molar-refractivity contribution in [3.63, 3.8) is 0 Å². The van der Waals surface area contributed by atoms with Gasteiger partial charge in [-0.05, 0) is 139 Å². The normalized spacial score (nSPS) is 13.6. The lowest BCUT2D eigenvalue weighted by Crippen LogP contribution is -2.28. The second kappa shape index (κ2) is 17.6. The van der Waals surface area contributed by atoms with Crippen molar-refractivity contribution in [3.05, 3.63) is 312 Å². The topological polar surface area (TPSA) is 6.48 Å². The number of hydrogen-bond acceptors (Lipinski definition) is 2. The van der Waals surface area contributed by atoms with Crippen LogP contribution in [0.5, 0.6) is 0 Å². The molecule has 0 aromatic heterocycles. The summed E-state index contributed by atoms with van der Waals surface area (Å²) >= 11 is 0. The van der Waals surface area contributed by atoms with Crippen LogP contribution in [-0.4, -0.2) is 0 Å². The van der Waals surface area contributed by atoms with E-state index in [1.807, 2.05) is 0 Å². The van der Waals surface area contributed by atoms with E-state index in [-0.39, 0.29) is 0 Å². The minimum atomic E-state index is -0.550. The third kappa shape index (κ3) is 6.64. The molecular weight excluding hydrogens is 881 g/mol. The molecule has 0 atom stereocenters. The van der Waals surface area contributed by atoms with E-state index < -0.39 is 5.41 Å².